The van der Waals surface area contributed by atoms with Crippen LogP contribution < -0.4 is 0 Å². The molecule has 3 rings (SSSR count). The zero-order valence-electron chi connectivity index (χ0n) is 11.4. The van der Waals surface area contributed by atoms with Crippen molar-refractivity contribution in [3.63, 3.8) is 0 Å². The highest BCUT2D eigenvalue weighted by Gasteiger charge is 2.19. The summed E-state index contributed by atoms with van der Waals surface area (Å²) in [5, 5.41) is 5.95. The third-order valence-electron chi connectivity index (χ3n) is 3.75. The minimum absolute atomic E-state index is 0.114. The number of carbonyl (C=O) groups is 1. The Balaban J connectivity index is 1.76. The van der Waals surface area contributed by atoms with Gasteiger partial charge >= 0.3 is 0 Å². The number of piperazine rings is 1. The van der Waals surface area contributed by atoms with Crippen molar-refractivity contribution in [3.05, 3.63) is 29.4 Å². The maximum absolute atomic E-state index is 12.3. The molecule has 0 bridgehead atoms. The van der Waals surface area contributed by atoms with Gasteiger partial charge in [0.15, 0.2) is 0 Å². The Morgan fingerprint density at radius 2 is 2.05 bits per heavy atom. The number of hydrogen-bond acceptors (Lipinski definition) is 3. The monoisotopic (exact) mass is 292 g/mol. The molecule has 0 unspecified atom stereocenters. The summed E-state index contributed by atoms with van der Waals surface area (Å²) in [5.74, 6) is 0.114. The van der Waals surface area contributed by atoms with E-state index in [0.717, 1.165) is 37.1 Å². The molecule has 6 heteroatoms. The zero-order valence-corrected chi connectivity index (χ0v) is 12.2. The molecule has 0 spiro atoms. The van der Waals surface area contributed by atoms with E-state index in [0.29, 0.717) is 5.02 Å². The molecule has 1 saturated heterocycles. The maximum atomic E-state index is 12.3. The number of carbonyl (C=O) groups excluding carboxylic acids is 1. The van der Waals surface area contributed by atoms with E-state index in [-0.39, 0.29) is 12.5 Å². The molecule has 106 valence electrons. The summed E-state index contributed by atoms with van der Waals surface area (Å²) in [6.07, 6.45) is 1.77. The lowest BCUT2D eigenvalue weighted by Crippen LogP contribution is -2.48. The van der Waals surface area contributed by atoms with Gasteiger partial charge in [-0.05, 0) is 25.2 Å². The van der Waals surface area contributed by atoms with Gasteiger partial charge in [-0.25, -0.2) is 0 Å². The maximum Gasteiger partial charge on any atom is 0.244 e. The fraction of sp³-hybridized carbons (Fsp3) is 0.429. The van der Waals surface area contributed by atoms with Crippen molar-refractivity contribution in [1.82, 2.24) is 19.6 Å². The third-order valence-corrected chi connectivity index (χ3v) is 3.98. The van der Waals surface area contributed by atoms with Gasteiger partial charge < -0.3 is 9.80 Å². The van der Waals surface area contributed by atoms with Gasteiger partial charge in [-0.15, -0.1) is 0 Å². The standard InChI is InChI=1S/C14H17ClN4O/c1-17-4-6-18(7-5-17)14(20)10-19-13-8-12(15)3-2-11(13)9-16-19/h2-3,8-9H,4-7,10H2,1H3. The molecule has 1 aromatic heterocycles. The molecule has 0 N–H and O–H groups in total. The Morgan fingerprint density at radius 3 is 2.80 bits per heavy atom. The number of aromatic nitrogens is 2. The van der Waals surface area contributed by atoms with E-state index in [1.165, 1.54) is 0 Å². The van der Waals surface area contributed by atoms with Crippen LogP contribution in [0.4, 0.5) is 0 Å². The van der Waals surface area contributed by atoms with Crippen molar-refractivity contribution in [2.24, 2.45) is 0 Å². The number of halogens is 1. The number of benzene rings is 1. The minimum Gasteiger partial charge on any atom is -0.339 e. The van der Waals surface area contributed by atoms with Gasteiger partial charge in [0.1, 0.15) is 6.54 Å². The third kappa shape index (κ3) is 2.64. The Kier molecular flexibility index (Phi) is 3.63. The van der Waals surface area contributed by atoms with Crippen molar-refractivity contribution in [3.8, 4) is 0 Å². The molecule has 1 aromatic carbocycles. The molecule has 0 radical (unpaired) electrons. The summed E-state index contributed by atoms with van der Waals surface area (Å²) in [7, 11) is 2.07. The Bertz CT molecular complexity index is 631. The Morgan fingerprint density at radius 1 is 1.30 bits per heavy atom. The summed E-state index contributed by atoms with van der Waals surface area (Å²) in [4.78, 5) is 16.4. The largest absolute Gasteiger partial charge is 0.339 e. The van der Waals surface area contributed by atoms with Crippen molar-refractivity contribution in [2.75, 3.05) is 33.2 Å². The fourth-order valence-electron chi connectivity index (χ4n) is 2.45. The molecule has 5 nitrogen and oxygen atoms in total. The zero-order chi connectivity index (χ0) is 14.1. The first-order valence-electron chi connectivity index (χ1n) is 6.71. The van der Waals surface area contributed by atoms with Gasteiger partial charge in [0, 0.05) is 36.6 Å². The SMILES string of the molecule is CN1CCN(C(=O)Cn2ncc3ccc(Cl)cc32)CC1. The molecule has 1 aliphatic rings. The van der Waals surface area contributed by atoms with Crippen LogP contribution in [0.15, 0.2) is 24.4 Å². The lowest BCUT2D eigenvalue weighted by molar-refractivity contribution is -0.133. The number of fused-ring (bicyclic) bond motifs is 1. The molecule has 0 atom stereocenters. The van der Waals surface area contributed by atoms with Crippen molar-refractivity contribution in [1.29, 1.82) is 0 Å². The van der Waals surface area contributed by atoms with Crippen LogP contribution in [0.2, 0.25) is 5.02 Å². The first kappa shape index (κ1) is 13.4. The summed E-state index contributed by atoms with van der Waals surface area (Å²) < 4.78 is 1.72. The molecule has 1 aliphatic heterocycles. The van der Waals surface area contributed by atoms with E-state index >= 15 is 0 Å². The van der Waals surface area contributed by atoms with Crippen LogP contribution in [0.5, 0.6) is 0 Å². The summed E-state index contributed by atoms with van der Waals surface area (Å²) >= 11 is 6.01. The molecular formula is C14H17ClN4O. The summed E-state index contributed by atoms with van der Waals surface area (Å²) in [5.41, 5.74) is 0.903. The number of nitrogens with zero attached hydrogens (tertiary/aromatic N) is 4. The number of amides is 1. The van der Waals surface area contributed by atoms with Crippen LogP contribution in [0, 0.1) is 0 Å². The van der Waals surface area contributed by atoms with E-state index in [2.05, 4.69) is 17.0 Å². The summed E-state index contributed by atoms with van der Waals surface area (Å²) in [6, 6.07) is 5.60. The van der Waals surface area contributed by atoms with Gasteiger partial charge in [0.25, 0.3) is 0 Å². The second-order valence-electron chi connectivity index (χ2n) is 5.19. The van der Waals surface area contributed by atoms with Crippen LogP contribution in [0.1, 0.15) is 0 Å². The lowest BCUT2D eigenvalue weighted by Gasteiger charge is -2.32. The number of likely N-dealkylation sites (N-methyl/N-ethyl adjacent to an activating group) is 1. The number of hydrogen-bond donors (Lipinski definition) is 0. The first-order valence-corrected chi connectivity index (χ1v) is 7.09. The Hall–Kier alpha value is -1.59. The van der Waals surface area contributed by atoms with Gasteiger partial charge in [-0.3, -0.25) is 9.48 Å². The normalized spacial score (nSPS) is 16.8. The van der Waals surface area contributed by atoms with Crippen molar-refractivity contribution in [2.45, 2.75) is 6.54 Å². The van der Waals surface area contributed by atoms with Crippen LogP contribution in [-0.2, 0) is 11.3 Å². The van der Waals surface area contributed by atoms with Gasteiger partial charge in [-0.2, -0.15) is 5.10 Å². The molecule has 20 heavy (non-hydrogen) atoms. The van der Waals surface area contributed by atoms with Crippen LogP contribution in [-0.4, -0.2) is 58.7 Å². The van der Waals surface area contributed by atoms with Gasteiger partial charge in [0.2, 0.25) is 5.91 Å². The molecule has 2 heterocycles. The molecule has 1 fully saturated rings. The van der Waals surface area contributed by atoms with E-state index in [9.17, 15) is 4.79 Å². The lowest BCUT2D eigenvalue weighted by atomic mass is 10.2. The van der Waals surface area contributed by atoms with E-state index in [1.807, 2.05) is 23.1 Å². The van der Waals surface area contributed by atoms with Gasteiger partial charge in [0.05, 0.1) is 11.7 Å². The van der Waals surface area contributed by atoms with E-state index < -0.39 is 0 Å². The molecular weight excluding hydrogens is 276 g/mol. The second kappa shape index (κ2) is 5.42. The number of rotatable bonds is 2. The predicted octanol–water partition coefficient (Wildman–Crippen LogP) is 1.46. The minimum atomic E-state index is 0.114. The predicted molar refractivity (Wildman–Crippen MR) is 78.8 cm³/mol. The van der Waals surface area contributed by atoms with Crippen LogP contribution >= 0.6 is 11.6 Å². The van der Waals surface area contributed by atoms with Crippen molar-refractivity contribution >= 4 is 28.4 Å². The smallest absolute Gasteiger partial charge is 0.244 e. The first-order chi connectivity index (χ1) is 9.63. The van der Waals surface area contributed by atoms with Crippen LogP contribution in [0.25, 0.3) is 10.9 Å². The van der Waals surface area contributed by atoms with Crippen molar-refractivity contribution < 1.29 is 4.79 Å². The molecule has 0 aliphatic carbocycles. The highest BCUT2D eigenvalue weighted by Crippen LogP contribution is 2.19. The quantitative estimate of drug-likeness (QED) is 0.841. The second-order valence-corrected chi connectivity index (χ2v) is 5.63. The van der Waals surface area contributed by atoms with Crippen LogP contribution in [0.3, 0.4) is 0 Å². The highest BCUT2D eigenvalue weighted by molar-refractivity contribution is 6.31. The van der Waals surface area contributed by atoms with E-state index in [1.54, 1.807) is 10.9 Å². The molecule has 1 amide bonds. The van der Waals surface area contributed by atoms with E-state index in [4.69, 9.17) is 11.6 Å². The molecule has 0 saturated carbocycles. The fourth-order valence-corrected chi connectivity index (χ4v) is 2.62. The molecule has 2 aromatic rings. The average Bonchev–Trinajstić information content (AvgIpc) is 2.82. The average molecular weight is 293 g/mol. The summed E-state index contributed by atoms with van der Waals surface area (Å²) in [6.45, 7) is 3.70. The topological polar surface area (TPSA) is 41.4 Å². The van der Waals surface area contributed by atoms with Gasteiger partial charge in [-0.1, -0.05) is 11.6 Å². The Labute approximate surface area is 122 Å². The highest BCUT2D eigenvalue weighted by atomic mass is 35.5.